The molecule has 0 saturated heterocycles. The molecule has 2 aromatic rings. The summed E-state index contributed by atoms with van der Waals surface area (Å²) < 4.78 is 5.82. The summed E-state index contributed by atoms with van der Waals surface area (Å²) in [5.74, 6) is 1.35. The molecule has 1 aromatic heterocycles. The van der Waals surface area contributed by atoms with Crippen LogP contribution in [0.25, 0.3) is 0 Å². The molecule has 0 amide bonds. The molecule has 0 radical (unpaired) electrons. The lowest BCUT2D eigenvalue weighted by Gasteiger charge is -2.12. The highest BCUT2D eigenvalue weighted by Gasteiger charge is 2.07. The van der Waals surface area contributed by atoms with Gasteiger partial charge in [-0.15, -0.1) is 0 Å². The second kappa shape index (κ2) is 6.92. The van der Waals surface area contributed by atoms with Gasteiger partial charge < -0.3 is 10.1 Å². The van der Waals surface area contributed by atoms with E-state index in [9.17, 15) is 0 Å². The molecular weight excluding hydrogens is 284 g/mol. The number of hydrogen-bond donors (Lipinski definition) is 1. The molecule has 4 heteroatoms. The molecule has 0 aliphatic rings. The second-order valence-electron chi connectivity index (χ2n) is 5.50. The maximum absolute atomic E-state index is 6.17. The lowest BCUT2D eigenvalue weighted by Crippen LogP contribution is -2.22. The monoisotopic (exact) mass is 304 g/mol. The van der Waals surface area contributed by atoms with Crippen molar-refractivity contribution in [1.29, 1.82) is 0 Å². The lowest BCUT2D eigenvalue weighted by molar-refractivity contribution is 0.460. The molecule has 0 unspecified atom stereocenters. The quantitative estimate of drug-likeness (QED) is 0.873. The van der Waals surface area contributed by atoms with E-state index < -0.39 is 0 Å². The average molecular weight is 305 g/mol. The number of pyridine rings is 1. The first kappa shape index (κ1) is 15.8. The number of aromatic nitrogens is 1. The van der Waals surface area contributed by atoms with Gasteiger partial charge in [0.25, 0.3) is 0 Å². The van der Waals surface area contributed by atoms with Gasteiger partial charge in [0, 0.05) is 24.8 Å². The van der Waals surface area contributed by atoms with Crippen LogP contribution >= 0.6 is 11.6 Å². The summed E-state index contributed by atoms with van der Waals surface area (Å²) in [5.41, 5.74) is 3.43. The Morgan fingerprint density at radius 1 is 1.19 bits per heavy atom. The van der Waals surface area contributed by atoms with Crippen molar-refractivity contribution in [2.75, 3.05) is 0 Å². The van der Waals surface area contributed by atoms with Crippen molar-refractivity contribution < 1.29 is 4.74 Å². The van der Waals surface area contributed by atoms with Gasteiger partial charge in [-0.1, -0.05) is 31.5 Å². The van der Waals surface area contributed by atoms with Crippen LogP contribution in [0.15, 0.2) is 30.5 Å². The molecule has 0 atom stereocenters. The number of rotatable bonds is 5. The van der Waals surface area contributed by atoms with Gasteiger partial charge in [0.15, 0.2) is 0 Å². The third kappa shape index (κ3) is 4.45. The topological polar surface area (TPSA) is 34.1 Å². The van der Waals surface area contributed by atoms with Crippen LogP contribution in [-0.2, 0) is 6.54 Å². The molecule has 0 bridgehead atoms. The van der Waals surface area contributed by atoms with Crippen molar-refractivity contribution in [2.24, 2.45) is 0 Å². The standard InChI is InChI=1S/C17H21ClN2O/c1-11(2)19-9-14-8-17(20-10-16(14)18)21-15-6-5-12(3)13(4)7-15/h5-8,10-11,19H,9H2,1-4H3. The van der Waals surface area contributed by atoms with Crippen LogP contribution in [0.2, 0.25) is 5.02 Å². The van der Waals surface area contributed by atoms with E-state index in [2.05, 4.69) is 38.0 Å². The SMILES string of the molecule is Cc1ccc(Oc2cc(CNC(C)C)c(Cl)cn2)cc1C. The molecule has 112 valence electrons. The summed E-state index contributed by atoms with van der Waals surface area (Å²) >= 11 is 6.17. The van der Waals surface area contributed by atoms with Gasteiger partial charge in [-0.2, -0.15) is 0 Å². The summed E-state index contributed by atoms with van der Waals surface area (Å²) in [6.45, 7) is 9.04. The van der Waals surface area contributed by atoms with E-state index in [-0.39, 0.29) is 0 Å². The third-order valence-corrected chi connectivity index (χ3v) is 3.65. The van der Waals surface area contributed by atoms with Crippen LogP contribution < -0.4 is 10.1 Å². The highest BCUT2D eigenvalue weighted by molar-refractivity contribution is 6.31. The van der Waals surface area contributed by atoms with Crippen molar-refractivity contribution >= 4 is 11.6 Å². The molecule has 1 aromatic carbocycles. The molecule has 0 fully saturated rings. The lowest BCUT2D eigenvalue weighted by atomic mass is 10.1. The number of ether oxygens (including phenoxy) is 1. The number of hydrogen-bond acceptors (Lipinski definition) is 3. The average Bonchev–Trinajstić information content (AvgIpc) is 2.43. The molecule has 0 aliphatic carbocycles. The number of nitrogens with zero attached hydrogens (tertiary/aromatic N) is 1. The van der Waals surface area contributed by atoms with Crippen LogP contribution in [0.4, 0.5) is 0 Å². The fourth-order valence-electron chi connectivity index (χ4n) is 1.86. The first-order chi connectivity index (χ1) is 9.95. The first-order valence-electron chi connectivity index (χ1n) is 7.08. The molecule has 0 aliphatic heterocycles. The van der Waals surface area contributed by atoms with E-state index >= 15 is 0 Å². The van der Waals surface area contributed by atoms with E-state index in [1.54, 1.807) is 6.20 Å². The highest BCUT2D eigenvalue weighted by Crippen LogP contribution is 2.25. The zero-order chi connectivity index (χ0) is 15.4. The van der Waals surface area contributed by atoms with Crippen LogP contribution in [0, 0.1) is 13.8 Å². The van der Waals surface area contributed by atoms with Crippen molar-refractivity contribution in [3.63, 3.8) is 0 Å². The maximum Gasteiger partial charge on any atom is 0.219 e. The van der Waals surface area contributed by atoms with Gasteiger partial charge in [-0.3, -0.25) is 0 Å². The van der Waals surface area contributed by atoms with E-state index in [0.29, 0.717) is 23.5 Å². The summed E-state index contributed by atoms with van der Waals surface area (Å²) in [4.78, 5) is 4.23. The number of benzene rings is 1. The number of halogens is 1. The number of nitrogens with one attached hydrogen (secondary N) is 1. The summed E-state index contributed by atoms with van der Waals surface area (Å²) in [7, 11) is 0. The zero-order valence-electron chi connectivity index (χ0n) is 12.9. The third-order valence-electron chi connectivity index (χ3n) is 3.31. The van der Waals surface area contributed by atoms with Crippen LogP contribution in [0.1, 0.15) is 30.5 Å². The molecule has 1 heterocycles. The minimum Gasteiger partial charge on any atom is -0.439 e. The van der Waals surface area contributed by atoms with Crippen LogP contribution in [-0.4, -0.2) is 11.0 Å². The van der Waals surface area contributed by atoms with Gasteiger partial charge in [0.1, 0.15) is 5.75 Å². The molecule has 21 heavy (non-hydrogen) atoms. The van der Waals surface area contributed by atoms with Gasteiger partial charge in [0.2, 0.25) is 5.88 Å². The van der Waals surface area contributed by atoms with Crippen molar-refractivity contribution in [3.05, 3.63) is 52.2 Å². The fourth-order valence-corrected chi connectivity index (χ4v) is 2.03. The summed E-state index contributed by atoms with van der Waals surface area (Å²) in [5, 5.41) is 3.99. The van der Waals surface area contributed by atoms with E-state index in [1.165, 1.54) is 11.1 Å². The van der Waals surface area contributed by atoms with Gasteiger partial charge in [-0.25, -0.2) is 4.98 Å². The minimum absolute atomic E-state index is 0.401. The van der Waals surface area contributed by atoms with Gasteiger partial charge in [0.05, 0.1) is 5.02 Å². The van der Waals surface area contributed by atoms with Gasteiger partial charge >= 0.3 is 0 Å². The Labute approximate surface area is 131 Å². The van der Waals surface area contributed by atoms with Crippen molar-refractivity contribution in [3.8, 4) is 11.6 Å². The zero-order valence-corrected chi connectivity index (χ0v) is 13.7. The smallest absolute Gasteiger partial charge is 0.219 e. The molecule has 2 rings (SSSR count). The number of aryl methyl sites for hydroxylation is 2. The molecule has 0 saturated carbocycles. The van der Waals surface area contributed by atoms with Crippen molar-refractivity contribution in [2.45, 2.75) is 40.3 Å². The normalized spacial score (nSPS) is 11.0. The van der Waals surface area contributed by atoms with Crippen molar-refractivity contribution in [1.82, 2.24) is 10.3 Å². The predicted molar refractivity (Wildman–Crippen MR) is 87.2 cm³/mol. The highest BCUT2D eigenvalue weighted by atomic mass is 35.5. The predicted octanol–water partition coefficient (Wildman–Crippen LogP) is 4.64. The molecule has 1 N–H and O–H groups in total. The molecule has 3 nitrogen and oxygen atoms in total. The van der Waals surface area contributed by atoms with Crippen LogP contribution in [0.5, 0.6) is 11.6 Å². The fraction of sp³-hybridized carbons (Fsp3) is 0.353. The minimum atomic E-state index is 0.401. The van der Waals surface area contributed by atoms with Gasteiger partial charge in [-0.05, 0) is 42.7 Å². The van der Waals surface area contributed by atoms with E-state index in [1.807, 2.05) is 24.3 Å². The Kier molecular flexibility index (Phi) is 5.21. The molecule has 0 spiro atoms. The van der Waals surface area contributed by atoms with E-state index in [0.717, 1.165) is 11.3 Å². The Morgan fingerprint density at radius 3 is 2.62 bits per heavy atom. The summed E-state index contributed by atoms with van der Waals surface area (Å²) in [6.07, 6.45) is 1.63. The largest absolute Gasteiger partial charge is 0.439 e. The Hall–Kier alpha value is -1.58. The summed E-state index contributed by atoms with van der Waals surface area (Å²) in [6, 6.07) is 8.29. The Balaban J connectivity index is 2.16. The maximum atomic E-state index is 6.17. The van der Waals surface area contributed by atoms with E-state index in [4.69, 9.17) is 16.3 Å². The Bertz CT molecular complexity index is 626. The van der Waals surface area contributed by atoms with Crippen LogP contribution in [0.3, 0.4) is 0 Å². The Morgan fingerprint density at radius 2 is 1.95 bits per heavy atom. The first-order valence-corrected chi connectivity index (χ1v) is 7.46. The second-order valence-corrected chi connectivity index (χ2v) is 5.90. The molecular formula is C17H21ClN2O.